The van der Waals surface area contributed by atoms with E-state index in [1.54, 1.807) is 0 Å². The Morgan fingerprint density at radius 1 is 0.611 bits per heavy atom. The van der Waals surface area contributed by atoms with E-state index in [9.17, 15) is 17.6 Å². The minimum atomic E-state index is -0.926. The topological polar surface area (TPSA) is 0 Å². The van der Waals surface area contributed by atoms with Crippen LogP contribution in [0.15, 0.2) is 36.4 Å². The van der Waals surface area contributed by atoms with Gasteiger partial charge >= 0.3 is 21.2 Å². The van der Waals surface area contributed by atoms with Crippen molar-refractivity contribution in [2.24, 2.45) is 0 Å². The van der Waals surface area contributed by atoms with Crippen LogP contribution in [0.4, 0.5) is 17.6 Å². The Morgan fingerprint density at radius 2 is 1.00 bits per heavy atom. The fourth-order valence-corrected chi connectivity index (χ4v) is 3.48. The van der Waals surface area contributed by atoms with Gasteiger partial charge < -0.3 is 12.4 Å². The lowest BCUT2D eigenvalue weighted by Gasteiger charge is -1.92. The van der Waals surface area contributed by atoms with Crippen LogP contribution >= 0.6 is 0 Å². The average molecular weight is 389 g/mol. The van der Waals surface area contributed by atoms with Crippen LogP contribution in [0.5, 0.6) is 0 Å². The molecule has 0 radical (unpaired) electrons. The summed E-state index contributed by atoms with van der Waals surface area (Å²) in [6.07, 6.45) is 0. The van der Waals surface area contributed by atoms with Crippen LogP contribution in [0.25, 0.3) is 0 Å². The van der Waals surface area contributed by atoms with Gasteiger partial charge in [0.05, 0.1) is 0 Å². The molecule has 0 atom stereocenters. The predicted octanol–water partition coefficient (Wildman–Crippen LogP) is -2.62. The molecule has 0 heterocycles. The highest BCUT2D eigenvalue weighted by atomic mass is 127. The van der Waals surface area contributed by atoms with Crippen molar-refractivity contribution in [3.05, 3.63) is 66.8 Å². The van der Waals surface area contributed by atoms with Crippen molar-refractivity contribution in [2.75, 3.05) is 0 Å². The third-order valence-corrected chi connectivity index (χ3v) is 4.57. The van der Waals surface area contributed by atoms with E-state index in [4.69, 9.17) is 0 Å². The zero-order valence-corrected chi connectivity index (χ0v) is 11.6. The van der Waals surface area contributed by atoms with E-state index in [0.29, 0.717) is 7.14 Å². The zero-order chi connectivity index (χ0) is 12.4. The highest BCUT2D eigenvalue weighted by molar-refractivity contribution is 5.08. The molecule has 0 amide bonds. The first-order valence-corrected chi connectivity index (χ1v) is 6.77. The molecule has 0 aliphatic heterocycles. The molecule has 2 aromatic carbocycles. The van der Waals surface area contributed by atoms with Crippen molar-refractivity contribution in [3.8, 4) is 0 Å². The van der Waals surface area contributed by atoms with Crippen molar-refractivity contribution >= 4 is 0 Å². The summed E-state index contributed by atoms with van der Waals surface area (Å²) < 4.78 is 52.4. The van der Waals surface area contributed by atoms with Crippen LogP contribution in [0, 0.1) is 30.4 Å². The molecular formula is C12H6ClF4I. The Hall–Kier alpha value is -0.820. The van der Waals surface area contributed by atoms with E-state index in [-0.39, 0.29) is 12.4 Å². The Morgan fingerprint density at radius 3 is 1.33 bits per heavy atom. The van der Waals surface area contributed by atoms with Gasteiger partial charge in [-0.25, -0.2) is 17.6 Å². The first kappa shape index (κ1) is 15.2. The summed E-state index contributed by atoms with van der Waals surface area (Å²) >= 11 is -0.844. The number of hydrogen-bond donors (Lipinski definition) is 0. The van der Waals surface area contributed by atoms with E-state index >= 15 is 0 Å². The highest BCUT2D eigenvalue weighted by Gasteiger charge is 2.19. The van der Waals surface area contributed by atoms with Crippen molar-refractivity contribution in [1.82, 2.24) is 0 Å². The van der Waals surface area contributed by atoms with Crippen LogP contribution in [-0.4, -0.2) is 0 Å². The van der Waals surface area contributed by atoms with Gasteiger partial charge in [0.15, 0.2) is 30.4 Å². The lowest BCUT2D eigenvalue weighted by molar-refractivity contribution is -0.597. The van der Waals surface area contributed by atoms with Crippen LogP contribution in [0.3, 0.4) is 0 Å². The molecule has 96 valence electrons. The summed E-state index contributed by atoms with van der Waals surface area (Å²) in [6.45, 7) is 0. The Labute approximate surface area is 118 Å². The monoisotopic (exact) mass is 388 g/mol. The van der Waals surface area contributed by atoms with Crippen LogP contribution < -0.4 is 33.6 Å². The summed E-state index contributed by atoms with van der Waals surface area (Å²) in [5.41, 5.74) is 0. The summed E-state index contributed by atoms with van der Waals surface area (Å²) in [4.78, 5) is 0. The SMILES string of the molecule is Fc1ccc([I+]c2ccc(F)c(F)c2)cc1F.[Cl-]. The van der Waals surface area contributed by atoms with E-state index in [0.717, 1.165) is 24.3 Å². The molecule has 6 heteroatoms. The summed E-state index contributed by atoms with van der Waals surface area (Å²) in [5, 5.41) is 0. The fraction of sp³-hybridized carbons (Fsp3) is 0. The third kappa shape index (κ3) is 3.58. The number of rotatable bonds is 2. The fourth-order valence-electron chi connectivity index (χ4n) is 1.18. The van der Waals surface area contributed by atoms with Gasteiger partial charge in [-0.3, -0.25) is 0 Å². The molecule has 0 N–H and O–H groups in total. The van der Waals surface area contributed by atoms with Crippen molar-refractivity contribution < 1.29 is 51.2 Å². The minimum Gasteiger partial charge on any atom is -1.00 e. The molecular weight excluding hydrogens is 382 g/mol. The second-order valence-corrected chi connectivity index (χ2v) is 6.24. The molecule has 0 spiro atoms. The van der Waals surface area contributed by atoms with Gasteiger partial charge in [0.2, 0.25) is 0 Å². The largest absolute Gasteiger partial charge is 1.00 e. The molecule has 0 aliphatic carbocycles. The summed E-state index contributed by atoms with van der Waals surface area (Å²) in [7, 11) is 0. The van der Waals surface area contributed by atoms with Gasteiger partial charge in [-0.2, -0.15) is 0 Å². The van der Waals surface area contributed by atoms with Gasteiger partial charge in [-0.1, -0.05) is 0 Å². The normalized spacial score (nSPS) is 10.0. The van der Waals surface area contributed by atoms with E-state index in [1.165, 1.54) is 12.1 Å². The first-order chi connectivity index (χ1) is 8.06. The summed E-state index contributed by atoms with van der Waals surface area (Å²) in [5.74, 6) is -3.68. The number of halogens is 6. The van der Waals surface area contributed by atoms with E-state index < -0.39 is 44.5 Å². The van der Waals surface area contributed by atoms with Gasteiger partial charge in [-0.05, 0) is 24.3 Å². The lowest BCUT2D eigenvalue weighted by atomic mass is 10.3. The van der Waals surface area contributed by atoms with Gasteiger partial charge in [0, 0.05) is 12.1 Å². The molecule has 2 rings (SSSR count). The Kier molecular flexibility index (Phi) is 5.40. The van der Waals surface area contributed by atoms with Crippen LogP contribution in [-0.2, 0) is 0 Å². The molecule has 0 nitrogen and oxygen atoms in total. The standard InChI is InChI=1S/C12H6F4I.ClH/c13-9-3-1-7(5-11(9)15)17-8-2-4-10(14)12(16)6-8;/h1-6H;1H/q+1;/p-1. The van der Waals surface area contributed by atoms with Crippen LogP contribution in [0.2, 0.25) is 0 Å². The van der Waals surface area contributed by atoms with Crippen molar-refractivity contribution in [2.45, 2.75) is 0 Å². The third-order valence-electron chi connectivity index (χ3n) is 1.98. The minimum absolute atomic E-state index is 0. The van der Waals surface area contributed by atoms with E-state index in [1.807, 2.05) is 0 Å². The molecule has 0 saturated heterocycles. The van der Waals surface area contributed by atoms with Crippen LogP contribution in [0.1, 0.15) is 0 Å². The number of hydrogen-bond acceptors (Lipinski definition) is 0. The average Bonchev–Trinajstić information content (AvgIpc) is 2.29. The maximum atomic E-state index is 12.9. The van der Waals surface area contributed by atoms with Gasteiger partial charge in [0.1, 0.15) is 0 Å². The maximum Gasteiger partial charge on any atom is 0.358 e. The Bertz CT molecular complexity index is 510. The number of benzene rings is 2. The molecule has 0 aliphatic rings. The zero-order valence-electron chi connectivity index (χ0n) is 8.73. The predicted molar refractivity (Wildman–Crippen MR) is 50.1 cm³/mol. The smallest absolute Gasteiger partial charge is 0.358 e. The second-order valence-electron chi connectivity index (χ2n) is 3.21. The lowest BCUT2D eigenvalue weighted by Crippen LogP contribution is -3.61. The van der Waals surface area contributed by atoms with Crippen molar-refractivity contribution in [1.29, 1.82) is 0 Å². The maximum absolute atomic E-state index is 12.9. The first-order valence-electron chi connectivity index (χ1n) is 4.61. The summed E-state index contributed by atoms with van der Waals surface area (Å²) in [6, 6.07) is 7.14. The molecule has 0 aromatic heterocycles. The van der Waals surface area contributed by atoms with Gasteiger partial charge in [-0.15, -0.1) is 0 Å². The van der Waals surface area contributed by atoms with E-state index in [2.05, 4.69) is 0 Å². The molecule has 0 saturated carbocycles. The molecule has 0 fully saturated rings. The second kappa shape index (κ2) is 6.38. The molecule has 2 aromatic rings. The molecule has 0 bridgehead atoms. The highest BCUT2D eigenvalue weighted by Crippen LogP contribution is 2.04. The quantitative estimate of drug-likeness (QED) is 0.300. The Balaban J connectivity index is 0.00000162. The van der Waals surface area contributed by atoms with Crippen molar-refractivity contribution in [3.63, 3.8) is 0 Å². The molecule has 0 unspecified atom stereocenters. The molecule has 18 heavy (non-hydrogen) atoms. The van der Waals surface area contributed by atoms with Gasteiger partial charge in [0.25, 0.3) is 0 Å².